The first kappa shape index (κ1) is 15.1. The number of anilines is 2. The monoisotopic (exact) mass is 295 g/mol. The van der Waals surface area contributed by atoms with E-state index in [1.807, 2.05) is 12.1 Å². The lowest BCUT2D eigenvalue weighted by molar-refractivity contribution is -0.117. The molecule has 0 fully saturated rings. The van der Waals surface area contributed by atoms with Crippen molar-refractivity contribution in [2.75, 3.05) is 23.8 Å². The summed E-state index contributed by atoms with van der Waals surface area (Å²) in [5, 5.41) is 6.62. The van der Waals surface area contributed by atoms with E-state index in [2.05, 4.69) is 36.3 Å². The summed E-state index contributed by atoms with van der Waals surface area (Å²) in [4.78, 5) is 14.1. The van der Waals surface area contributed by atoms with Crippen LogP contribution in [0.25, 0.3) is 0 Å². The minimum absolute atomic E-state index is 0.0256. The Kier molecular flexibility index (Phi) is 4.55. The van der Waals surface area contributed by atoms with E-state index in [9.17, 15) is 4.79 Å². The molecule has 1 heterocycles. The van der Waals surface area contributed by atoms with E-state index >= 15 is 0 Å². The Bertz CT molecular complexity index is 516. The standard InChI is InChI=1S/C15H22ClN3O/c1-5-6-19(9(2)3)13-8-12-10(7-11(13)16)14(17-4)15(20)18-12/h7-9,14,17H,5-6H2,1-4H3,(H,18,20). The molecule has 0 bridgehead atoms. The number of hydrogen-bond donors (Lipinski definition) is 2. The molecule has 1 amide bonds. The molecule has 5 heteroatoms. The molecule has 1 unspecified atom stereocenters. The van der Waals surface area contributed by atoms with Crippen LogP contribution in [0.4, 0.5) is 11.4 Å². The summed E-state index contributed by atoms with van der Waals surface area (Å²) in [5.74, 6) is -0.0256. The number of nitrogens with one attached hydrogen (secondary N) is 2. The van der Waals surface area contributed by atoms with Crippen molar-refractivity contribution in [1.29, 1.82) is 0 Å². The van der Waals surface area contributed by atoms with Crippen molar-refractivity contribution in [3.8, 4) is 0 Å². The Morgan fingerprint density at radius 2 is 2.15 bits per heavy atom. The fourth-order valence-corrected chi connectivity index (χ4v) is 2.96. The molecule has 2 rings (SSSR count). The van der Waals surface area contributed by atoms with Gasteiger partial charge in [0.2, 0.25) is 5.91 Å². The van der Waals surface area contributed by atoms with Gasteiger partial charge in [-0.2, -0.15) is 0 Å². The molecule has 0 saturated carbocycles. The van der Waals surface area contributed by atoms with Crippen LogP contribution in [0.5, 0.6) is 0 Å². The molecule has 0 spiro atoms. The molecular weight excluding hydrogens is 274 g/mol. The van der Waals surface area contributed by atoms with Crippen LogP contribution in [0.3, 0.4) is 0 Å². The molecule has 1 aromatic rings. The fraction of sp³-hybridized carbons (Fsp3) is 0.533. The van der Waals surface area contributed by atoms with Gasteiger partial charge in [0.15, 0.2) is 0 Å². The van der Waals surface area contributed by atoms with E-state index < -0.39 is 0 Å². The summed E-state index contributed by atoms with van der Waals surface area (Å²) in [5.41, 5.74) is 2.77. The topological polar surface area (TPSA) is 44.4 Å². The molecule has 2 N–H and O–H groups in total. The van der Waals surface area contributed by atoms with Gasteiger partial charge in [-0.25, -0.2) is 0 Å². The smallest absolute Gasteiger partial charge is 0.246 e. The molecule has 1 aromatic carbocycles. The maximum Gasteiger partial charge on any atom is 0.246 e. The Morgan fingerprint density at radius 1 is 1.45 bits per heavy atom. The quantitative estimate of drug-likeness (QED) is 0.877. The lowest BCUT2D eigenvalue weighted by Gasteiger charge is -2.30. The number of nitrogens with zero attached hydrogens (tertiary/aromatic N) is 1. The predicted molar refractivity (Wildman–Crippen MR) is 84.7 cm³/mol. The fourth-order valence-electron chi connectivity index (χ4n) is 2.67. The molecule has 20 heavy (non-hydrogen) atoms. The SMILES string of the molecule is CCCN(c1cc2c(cc1Cl)C(NC)C(=O)N2)C(C)C. The van der Waals surface area contributed by atoms with Gasteiger partial charge < -0.3 is 15.5 Å². The summed E-state index contributed by atoms with van der Waals surface area (Å²) in [6.45, 7) is 7.39. The average Bonchev–Trinajstić information content (AvgIpc) is 2.69. The summed E-state index contributed by atoms with van der Waals surface area (Å²) in [7, 11) is 1.78. The second-order valence-corrected chi connectivity index (χ2v) is 5.80. The van der Waals surface area contributed by atoms with Crippen molar-refractivity contribution < 1.29 is 4.79 Å². The summed E-state index contributed by atoms with van der Waals surface area (Å²) >= 11 is 6.44. The zero-order valence-electron chi connectivity index (χ0n) is 12.5. The highest BCUT2D eigenvalue weighted by Crippen LogP contribution is 2.39. The van der Waals surface area contributed by atoms with Crippen LogP contribution in [0.15, 0.2) is 12.1 Å². The van der Waals surface area contributed by atoms with Gasteiger partial charge in [-0.15, -0.1) is 0 Å². The van der Waals surface area contributed by atoms with Gasteiger partial charge >= 0.3 is 0 Å². The minimum Gasteiger partial charge on any atom is -0.368 e. The second kappa shape index (κ2) is 6.02. The van der Waals surface area contributed by atoms with E-state index in [-0.39, 0.29) is 11.9 Å². The highest BCUT2D eigenvalue weighted by atomic mass is 35.5. The number of rotatable bonds is 5. The number of likely N-dealkylation sites (N-methyl/N-ethyl adjacent to an activating group) is 1. The van der Waals surface area contributed by atoms with Crippen molar-refractivity contribution >= 4 is 28.9 Å². The molecule has 1 atom stereocenters. The second-order valence-electron chi connectivity index (χ2n) is 5.39. The number of carbonyl (C=O) groups excluding carboxylic acids is 1. The molecular formula is C15H22ClN3O. The van der Waals surface area contributed by atoms with Gasteiger partial charge in [0.1, 0.15) is 6.04 Å². The van der Waals surface area contributed by atoms with Crippen molar-refractivity contribution in [3.05, 3.63) is 22.7 Å². The minimum atomic E-state index is -0.310. The van der Waals surface area contributed by atoms with Crippen molar-refractivity contribution in [3.63, 3.8) is 0 Å². The predicted octanol–water partition coefficient (Wildman–Crippen LogP) is 3.18. The Balaban J connectivity index is 2.43. The summed E-state index contributed by atoms with van der Waals surface area (Å²) < 4.78 is 0. The molecule has 0 aromatic heterocycles. The van der Waals surface area contributed by atoms with Crippen LogP contribution in [-0.4, -0.2) is 25.5 Å². The largest absolute Gasteiger partial charge is 0.368 e. The Hall–Kier alpha value is -1.26. The third kappa shape index (κ3) is 2.63. The maximum absolute atomic E-state index is 11.9. The van der Waals surface area contributed by atoms with E-state index in [0.29, 0.717) is 11.1 Å². The zero-order chi connectivity index (χ0) is 14.9. The van der Waals surface area contributed by atoms with Crippen molar-refractivity contribution in [2.45, 2.75) is 39.3 Å². The molecule has 0 radical (unpaired) electrons. The van der Waals surface area contributed by atoms with Gasteiger partial charge in [0, 0.05) is 23.8 Å². The maximum atomic E-state index is 11.9. The molecule has 1 aliphatic rings. The molecule has 0 aliphatic carbocycles. The van der Waals surface area contributed by atoms with Crippen molar-refractivity contribution in [2.24, 2.45) is 0 Å². The van der Waals surface area contributed by atoms with Crippen LogP contribution in [0.2, 0.25) is 5.02 Å². The van der Waals surface area contributed by atoms with Gasteiger partial charge in [-0.3, -0.25) is 4.79 Å². The molecule has 4 nitrogen and oxygen atoms in total. The molecule has 0 saturated heterocycles. The number of carbonyl (C=O) groups is 1. The van der Waals surface area contributed by atoms with Gasteiger partial charge in [-0.05, 0) is 39.4 Å². The normalized spacial score (nSPS) is 17.3. The van der Waals surface area contributed by atoms with Gasteiger partial charge in [-0.1, -0.05) is 18.5 Å². The van der Waals surface area contributed by atoms with Crippen LogP contribution in [0, 0.1) is 0 Å². The third-order valence-corrected chi connectivity index (χ3v) is 3.94. The Morgan fingerprint density at radius 3 is 2.70 bits per heavy atom. The average molecular weight is 296 g/mol. The first-order valence-corrected chi connectivity index (χ1v) is 7.45. The van der Waals surface area contributed by atoms with Crippen LogP contribution in [-0.2, 0) is 4.79 Å². The van der Waals surface area contributed by atoms with Crippen LogP contribution >= 0.6 is 11.6 Å². The lowest BCUT2D eigenvalue weighted by atomic mass is 10.1. The summed E-state index contributed by atoms with van der Waals surface area (Å²) in [6, 6.07) is 3.94. The number of halogens is 1. The van der Waals surface area contributed by atoms with E-state index in [1.165, 1.54) is 0 Å². The third-order valence-electron chi connectivity index (χ3n) is 3.64. The van der Waals surface area contributed by atoms with Crippen LogP contribution < -0.4 is 15.5 Å². The van der Waals surface area contributed by atoms with Gasteiger partial charge in [0.05, 0.1) is 10.7 Å². The van der Waals surface area contributed by atoms with E-state index in [1.54, 1.807) is 7.05 Å². The first-order valence-electron chi connectivity index (χ1n) is 7.07. The number of hydrogen-bond acceptors (Lipinski definition) is 3. The van der Waals surface area contributed by atoms with Crippen molar-refractivity contribution in [1.82, 2.24) is 5.32 Å². The molecule has 1 aliphatic heterocycles. The van der Waals surface area contributed by atoms with Gasteiger partial charge in [0.25, 0.3) is 0 Å². The zero-order valence-corrected chi connectivity index (χ0v) is 13.2. The van der Waals surface area contributed by atoms with E-state index in [0.717, 1.165) is 29.9 Å². The summed E-state index contributed by atoms with van der Waals surface area (Å²) in [6.07, 6.45) is 1.05. The highest BCUT2D eigenvalue weighted by Gasteiger charge is 2.31. The number of benzene rings is 1. The van der Waals surface area contributed by atoms with Crippen LogP contribution in [0.1, 0.15) is 38.8 Å². The Labute approximate surface area is 125 Å². The molecule has 110 valence electrons. The van der Waals surface area contributed by atoms with E-state index in [4.69, 9.17) is 11.6 Å². The highest BCUT2D eigenvalue weighted by molar-refractivity contribution is 6.33. The number of fused-ring (bicyclic) bond motifs is 1. The first-order chi connectivity index (χ1) is 9.49. The number of amides is 1. The lowest BCUT2D eigenvalue weighted by Crippen LogP contribution is -2.31.